The summed E-state index contributed by atoms with van der Waals surface area (Å²) in [6, 6.07) is 19.1. The number of hydrogen-bond acceptors (Lipinski definition) is 4. The quantitative estimate of drug-likeness (QED) is 0.496. The first-order valence-corrected chi connectivity index (χ1v) is 9.45. The molecule has 1 N–H and O–H groups in total. The van der Waals surface area contributed by atoms with Crippen LogP contribution in [0.15, 0.2) is 65.1 Å². The number of aryl methyl sites for hydroxylation is 3. The first kappa shape index (κ1) is 18.7. The van der Waals surface area contributed by atoms with Gasteiger partial charge >= 0.3 is 0 Å². The normalized spacial score (nSPS) is 10.9. The van der Waals surface area contributed by atoms with Crippen LogP contribution in [0.1, 0.15) is 16.7 Å². The van der Waals surface area contributed by atoms with Crippen LogP contribution in [0.5, 0.6) is 5.75 Å². The van der Waals surface area contributed by atoms with Gasteiger partial charge < -0.3 is 14.5 Å². The van der Waals surface area contributed by atoms with E-state index in [4.69, 9.17) is 9.15 Å². The summed E-state index contributed by atoms with van der Waals surface area (Å²) in [7, 11) is 0. The number of anilines is 1. The van der Waals surface area contributed by atoms with Crippen molar-refractivity contribution >= 4 is 22.7 Å². The van der Waals surface area contributed by atoms with Gasteiger partial charge in [-0.2, -0.15) is 0 Å². The number of ether oxygens (including phenoxy) is 1. The molecule has 29 heavy (non-hydrogen) atoms. The molecule has 0 spiro atoms. The number of hydrogen-bond donors (Lipinski definition) is 1. The Balaban J connectivity index is 1.48. The maximum atomic E-state index is 12.2. The van der Waals surface area contributed by atoms with Crippen molar-refractivity contribution in [3.8, 4) is 17.2 Å². The molecular weight excluding hydrogens is 364 g/mol. The Morgan fingerprint density at radius 2 is 1.79 bits per heavy atom. The number of amides is 1. The number of aromatic nitrogens is 1. The number of nitrogens with zero attached hydrogens (tertiary/aromatic N) is 1. The zero-order valence-corrected chi connectivity index (χ0v) is 16.7. The smallest absolute Gasteiger partial charge is 0.262 e. The second-order valence-electron chi connectivity index (χ2n) is 7.18. The molecule has 0 aliphatic heterocycles. The Bertz CT molecular complexity index is 1180. The molecule has 0 atom stereocenters. The van der Waals surface area contributed by atoms with E-state index in [9.17, 15) is 4.79 Å². The molecule has 0 aliphatic rings. The van der Waals surface area contributed by atoms with Crippen molar-refractivity contribution in [1.29, 1.82) is 0 Å². The number of carbonyl (C=O) groups excluding carboxylic acids is 1. The summed E-state index contributed by atoms with van der Waals surface area (Å²) in [5.74, 6) is 0.962. The van der Waals surface area contributed by atoms with Crippen LogP contribution in [0.2, 0.25) is 0 Å². The molecule has 1 aromatic heterocycles. The number of nitrogens with one attached hydrogen (secondary N) is 1. The third-order valence-corrected chi connectivity index (χ3v) is 4.60. The molecule has 0 bridgehead atoms. The van der Waals surface area contributed by atoms with Gasteiger partial charge in [0.2, 0.25) is 5.89 Å². The Hall–Kier alpha value is -3.60. The fourth-order valence-electron chi connectivity index (χ4n) is 3.21. The maximum Gasteiger partial charge on any atom is 0.262 e. The zero-order valence-electron chi connectivity index (χ0n) is 16.7. The number of carbonyl (C=O) groups is 1. The second kappa shape index (κ2) is 7.80. The van der Waals surface area contributed by atoms with Crippen molar-refractivity contribution in [3.63, 3.8) is 0 Å². The summed E-state index contributed by atoms with van der Waals surface area (Å²) in [6.45, 7) is 5.99. The molecule has 0 fully saturated rings. The van der Waals surface area contributed by atoms with Crippen molar-refractivity contribution in [1.82, 2.24) is 4.98 Å². The molecule has 1 amide bonds. The van der Waals surface area contributed by atoms with Crippen LogP contribution in [0.3, 0.4) is 0 Å². The number of oxazole rings is 1. The number of fused-ring (bicyclic) bond motifs is 1. The van der Waals surface area contributed by atoms with E-state index in [1.165, 1.54) is 0 Å². The van der Waals surface area contributed by atoms with Gasteiger partial charge in [-0.15, -0.1) is 0 Å². The van der Waals surface area contributed by atoms with Crippen LogP contribution in [-0.2, 0) is 4.79 Å². The standard InChI is InChI=1S/C24H22N2O3/c1-15-7-9-20(10-8-15)28-14-22(27)25-19-6-4-5-18(13-19)24-26-21-12-16(2)11-17(3)23(21)29-24/h4-13H,14H2,1-3H3,(H,25,27). The lowest BCUT2D eigenvalue weighted by atomic mass is 10.1. The summed E-state index contributed by atoms with van der Waals surface area (Å²) in [5.41, 5.74) is 6.42. The van der Waals surface area contributed by atoms with E-state index in [0.29, 0.717) is 17.3 Å². The topological polar surface area (TPSA) is 64.4 Å². The van der Waals surface area contributed by atoms with Crippen molar-refractivity contribution in [3.05, 3.63) is 77.4 Å². The molecule has 0 radical (unpaired) electrons. The molecule has 4 rings (SSSR count). The van der Waals surface area contributed by atoms with Gasteiger partial charge in [0.05, 0.1) is 0 Å². The number of rotatable bonds is 5. The fourth-order valence-corrected chi connectivity index (χ4v) is 3.21. The molecule has 5 heteroatoms. The van der Waals surface area contributed by atoms with E-state index < -0.39 is 0 Å². The van der Waals surface area contributed by atoms with Crippen molar-refractivity contribution in [2.75, 3.05) is 11.9 Å². The monoisotopic (exact) mass is 386 g/mol. The molecule has 146 valence electrons. The molecule has 0 unspecified atom stereocenters. The third kappa shape index (κ3) is 4.29. The van der Waals surface area contributed by atoms with Gasteiger partial charge in [0.15, 0.2) is 12.2 Å². The highest BCUT2D eigenvalue weighted by Crippen LogP contribution is 2.28. The zero-order chi connectivity index (χ0) is 20.4. The molecule has 0 aliphatic carbocycles. The van der Waals surface area contributed by atoms with E-state index in [2.05, 4.69) is 16.4 Å². The van der Waals surface area contributed by atoms with Crippen LogP contribution >= 0.6 is 0 Å². The van der Waals surface area contributed by atoms with Gasteiger partial charge in [0.25, 0.3) is 5.91 Å². The van der Waals surface area contributed by atoms with Gasteiger partial charge in [0.1, 0.15) is 11.3 Å². The van der Waals surface area contributed by atoms with Gasteiger partial charge in [-0.05, 0) is 68.3 Å². The molecular formula is C24H22N2O3. The van der Waals surface area contributed by atoms with Crippen LogP contribution in [0, 0.1) is 20.8 Å². The molecule has 3 aromatic carbocycles. The minimum absolute atomic E-state index is 0.0609. The summed E-state index contributed by atoms with van der Waals surface area (Å²) in [4.78, 5) is 16.9. The van der Waals surface area contributed by atoms with E-state index >= 15 is 0 Å². The fraction of sp³-hybridized carbons (Fsp3) is 0.167. The minimum Gasteiger partial charge on any atom is -0.484 e. The van der Waals surface area contributed by atoms with E-state index in [0.717, 1.165) is 33.4 Å². The van der Waals surface area contributed by atoms with E-state index in [1.54, 1.807) is 0 Å². The van der Waals surface area contributed by atoms with Crippen molar-refractivity contribution in [2.45, 2.75) is 20.8 Å². The summed E-state index contributed by atoms with van der Waals surface area (Å²) >= 11 is 0. The third-order valence-electron chi connectivity index (χ3n) is 4.60. The first-order valence-electron chi connectivity index (χ1n) is 9.45. The summed E-state index contributed by atoms with van der Waals surface area (Å²) in [5, 5.41) is 2.85. The van der Waals surface area contributed by atoms with Gasteiger partial charge in [-0.3, -0.25) is 4.79 Å². The molecule has 4 aromatic rings. The lowest BCUT2D eigenvalue weighted by Crippen LogP contribution is -2.20. The lowest BCUT2D eigenvalue weighted by Gasteiger charge is -2.08. The first-order chi connectivity index (χ1) is 14.0. The average molecular weight is 386 g/mol. The van der Waals surface area contributed by atoms with Crippen LogP contribution in [-0.4, -0.2) is 17.5 Å². The van der Waals surface area contributed by atoms with Gasteiger partial charge in [0, 0.05) is 11.3 Å². The lowest BCUT2D eigenvalue weighted by molar-refractivity contribution is -0.118. The Morgan fingerprint density at radius 3 is 2.59 bits per heavy atom. The van der Waals surface area contributed by atoms with Crippen LogP contribution < -0.4 is 10.1 Å². The predicted molar refractivity (Wildman–Crippen MR) is 114 cm³/mol. The number of benzene rings is 3. The SMILES string of the molecule is Cc1ccc(OCC(=O)Nc2cccc(-c3nc4cc(C)cc(C)c4o3)c2)cc1. The average Bonchev–Trinajstić information content (AvgIpc) is 3.12. The van der Waals surface area contributed by atoms with Crippen molar-refractivity contribution < 1.29 is 13.9 Å². The van der Waals surface area contributed by atoms with Gasteiger partial charge in [-0.1, -0.05) is 29.8 Å². The second-order valence-corrected chi connectivity index (χ2v) is 7.18. The van der Waals surface area contributed by atoms with E-state index in [-0.39, 0.29) is 12.5 Å². The molecule has 0 saturated carbocycles. The van der Waals surface area contributed by atoms with Crippen LogP contribution in [0.25, 0.3) is 22.6 Å². The largest absolute Gasteiger partial charge is 0.484 e. The highest BCUT2D eigenvalue weighted by atomic mass is 16.5. The predicted octanol–water partition coefficient (Wildman–Crippen LogP) is 5.44. The highest BCUT2D eigenvalue weighted by molar-refractivity contribution is 5.92. The minimum atomic E-state index is -0.230. The van der Waals surface area contributed by atoms with E-state index in [1.807, 2.05) is 75.4 Å². The molecule has 1 heterocycles. The Morgan fingerprint density at radius 1 is 1.00 bits per heavy atom. The maximum absolute atomic E-state index is 12.2. The molecule has 0 saturated heterocycles. The van der Waals surface area contributed by atoms with Gasteiger partial charge in [-0.25, -0.2) is 4.98 Å². The highest BCUT2D eigenvalue weighted by Gasteiger charge is 2.12. The Kier molecular flexibility index (Phi) is 5.04. The molecule has 5 nitrogen and oxygen atoms in total. The van der Waals surface area contributed by atoms with Crippen molar-refractivity contribution in [2.24, 2.45) is 0 Å². The van der Waals surface area contributed by atoms with Crippen LogP contribution in [0.4, 0.5) is 5.69 Å². The summed E-state index contributed by atoms with van der Waals surface area (Å²) < 4.78 is 11.5. The Labute approximate surface area is 169 Å². The summed E-state index contributed by atoms with van der Waals surface area (Å²) in [6.07, 6.45) is 0.